The molecule has 0 amide bonds. The fraction of sp³-hybridized carbons (Fsp3) is 0.840. The number of aromatic nitrogens is 2. The quantitative estimate of drug-likeness (QED) is 0.689. The highest BCUT2D eigenvalue weighted by molar-refractivity contribution is 5.08. The molecule has 0 radical (unpaired) electrons. The molecule has 0 aromatic carbocycles. The van der Waals surface area contributed by atoms with Crippen molar-refractivity contribution in [1.29, 1.82) is 0 Å². The summed E-state index contributed by atoms with van der Waals surface area (Å²) in [6.45, 7) is 11.5. The normalized spacial score (nSPS) is 28.3. The predicted molar refractivity (Wildman–Crippen MR) is 122 cm³/mol. The van der Waals surface area contributed by atoms with Crippen molar-refractivity contribution in [3.05, 3.63) is 23.8 Å². The summed E-state index contributed by atoms with van der Waals surface area (Å²) < 4.78 is 6.04. The van der Waals surface area contributed by atoms with Gasteiger partial charge in [0, 0.05) is 30.4 Å². The van der Waals surface area contributed by atoms with Crippen molar-refractivity contribution in [3.8, 4) is 0 Å². The summed E-state index contributed by atoms with van der Waals surface area (Å²) in [4.78, 5) is 14.9. The summed E-state index contributed by atoms with van der Waals surface area (Å²) in [6, 6.07) is 1.58. The van der Waals surface area contributed by atoms with Gasteiger partial charge in [0.1, 0.15) is 5.82 Å². The highest BCUT2D eigenvalue weighted by atomic mass is 16.5. The van der Waals surface area contributed by atoms with Crippen molar-refractivity contribution in [2.75, 3.05) is 26.2 Å². The van der Waals surface area contributed by atoms with E-state index in [0.717, 1.165) is 24.3 Å². The molecule has 0 N–H and O–H groups in total. The third-order valence-corrected chi connectivity index (χ3v) is 7.67. The van der Waals surface area contributed by atoms with E-state index in [1.807, 2.05) is 12.4 Å². The molecule has 1 aliphatic carbocycles. The first-order valence-electron chi connectivity index (χ1n) is 12.6. The Bertz CT molecular complexity index is 625. The lowest BCUT2D eigenvalue weighted by Crippen LogP contribution is -2.50. The molecule has 3 fully saturated rings. The van der Waals surface area contributed by atoms with Gasteiger partial charge in [-0.2, -0.15) is 0 Å². The van der Waals surface area contributed by atoms with Crippen molar-refractivity contribution in [2.24, 2.45) is 0 Å². The Morgan fingerprint density at radius 1 is 0.833 bits per heavy atom. The van der Waals surface area contributed by atoms with Crippen LogP contribution >= 0.6 is 0 Å². The summed E-state index contributed by atoms with van der Waals surface area (Å²) in [7, 11) is 0. The fourth-order valence-electron chi connectivity index (χ4n) is 5.83. The highest BCUT2D eigenvalue weighted by Gasteiger charge is 2.33. The number of ether oxygens (including phenoxy) is 1. The van der Waals surface area contributed by atoms with Gasteiger partial charge in [-0.15, -0.1) is 0 Å². The van der Waals surface area contributed by atoms with Gasteiger partial charge in [-0.3, -0.25) is 0 Å². The van der Waals surface area contributed by atoms with Crippen molar-refractivity contribution in [1.82, 2.24) is 19.8 Å². The third-order valence-electron chi connectivity index (χ3n) is 7.67. The number of hydrogen-bond acceptors (Lipinski definition) is 5. The maximum Gasteiger partial charge on any atom is 0.131 e. The second-order valence-corrected chi connectivity index (χ2v) is 10.00. The lowest BCUT2D eigenvalue weighted by molar-refractivity contribution is -0.0308. The van der Waals surface area contributed by atoms with Crippen molar-refractivity contribution < 1.29 is 4.74 Å². The van der Waals surface area contributed by atoms with E-state index in [1.165, 1.54) is 83.1 Å². The van der Waals surface area contributed by atoms with Gasteiger partial charge in [-0.25, -0.2) is 9.97 Å². The molecule has 0 unspecified atom stereocenters. The summed E-state index contributed by atoms with van der Waals surface area (Å²) in [5, 5.41) is 0. The number of nitrogens with zero attached hydrogens (tertiary/aromatic N) is 4. The van der Waals surface area contributed by atoms with Crippen LogP contribution in [0.4, 0.5) is 0 Å². The maximum atomic E-state index is 6.04. The van der Waals surface area contributed by atoms with E-state index in [0.29, 0.717) is 18.1 Å². The van der Waals surface area contributed by atoms with Gasteiger partial charge in [0.05, 0.1) is 12.2 Å². The first-order chi connectivity index (χ1) is 14.6. The Hall–Kier alpha value is -1.04. The van der Waals surface area contributed by atoms with Crippen LogP contribution in [0.1, 0.15) is 89.4 Å². The van der Waals surface area contributed by atoms with Crippen LogP contribution in [0.3, 0.4) is 0 Å². The minimum Gasteiger partial charge on any atom is -0.376 e. The molecule has 2 aliphatic heterocycles. The summed E-state index contributed by atoms with van der Waals surface area (Å²) >= 11 is 0. The molecule has 1 aromatic heterocycles. The number of aryl methyl sites for hydroxylation is 1. The van der Waals surface area contributed by atoms with Gasteiger partial charge in [0.25, 0.3) is 0 Å². The number of likely N-dealkylation sites (tertiary alicyclic amines) is 2. The molecule has 4 rings (SSSR count). The molecular formula is C25H42N4O. The number of piperidine rings is 2. The second kappa shape index (κ2) is 10.5. The maximum absolute atomic E-state index is 6.04. The Morgan fingerprint density at radius 3 is 1.90 bits per heavy atom. The Balaban J connectivity index is 1.18. The van der Waals surface area contributed by atoms with Gasteiger partial charge >= 0.3 is 0 Å². The smallest absolute Gasteiger partial charge is 0.131 e. The largest absolute Gasteiger partial charge is 0.376 e. The average Bonchev–Trinajstić information content (AvgIpc) is 2.80. The Kier molecular flexibility index (Phi) is 7.77. The summed E-state index contributed by atoms with van der Waals surface area (Å²) in [5.74, 6) is 1.62. The molecular weight excluding hydrogens is 372 g/mol. The van der Waals surface area contributed by atoms with E-state index in [9.17, 15) is 0 Å². The zero-order valence-electron chi connectivity index (χ0n) is 19.4. The zero-order valence-corrected chi connectivity index (χ0v) is 19.4. The van der Waals surface area contributed by atoms with Gasteiger partial charge in [0.15, 0.2) is 0 Å². The van der Waals surface area contributed by atoms with E-state index in [2.05, 4.69) is 40.5 Å². The van der Waals surface area contributed by atoms with Gasteiger partial charge in [0.2, 0.25) is 0 Å². The van der Waals surface area contributed by atoms with Crippen LogP contribution in [0.15, 0.2) is 12.4 Å². The molecule has 0 bridgehead atoms. The highest BCUT2D eigenvalue weighted by Crippen LogP contribution is 2.31. The van der Waals surface area contributed by atoms with Crippen LogP contribution < -0.4 is 0 Å². The number of hydrogen-bond donors (Lipinski definition) is 0. The van der Waals surface area contributed by atoms with Crippen molar-refractivity contribution >= 4 is 0 Å². The lowest BCUT2D eigenvalue weighted by Gasteiger charge is -2.45. The van der Waals surface area contributed by atoms with Gasteiger partial charge in [-0.1, -0.05) is 6.92 Å². The second-order valence-electron chi connectivity index (χ2n) is 10.00. The molecule has 1 saturated carbocycles. The first kappa shape index (κ1) is 22.2. The monoisotopic (exact) mass is 414 g/mol. The van der Waals surface area contributed by atoms with Crippen LogP contribution in [0.25, 0.3) is 0 Å². The topological polar surface area (TPSA) is 41.5 Å². The van der Waals surface area contributed by atoms with E-state index < -0.39 is 0 Å². The summed E-state index contributed by atoms with van der Waals surface area (Å²) in [5.41, 5.74) is 1.24. The van der Waals surface area contributed by atoms with Gasteiger partial charge < -0.3 is 14.5 Å². The van der Waals surface area contributed by atoms with Crippen LogP contribution in [0, 0.1) is 0 Å². The minimum absolute atomic E-state index is 0.369. The van der Waals surface area contributed by atoms with Crippen LogP contribution in [-0.4, -0.2) is 70.2 Å². The molecule has 3 heterocycles. The Morgan fingerprint density at radius 2 is 1.37 bits per heavy atom. The molecule has 168 valence electrons. The minimum atomic E-state index is 0.369. The lowest BCUT2D eigenvalue weighted by atomic mass is 9.89. The SMILES string of the molecule is CCc1cnc(C2CCN(C3CCN(C4CCC(OC(C)C)CC4)CC3)CC2)nc1. The summed E-state index contributed by atoms with van der Waals surface area (Å²) in [6.07, 6.45) is 16.2. The van der Waals surface area contributed by atoms with E-state index >= 15 is 0 Å². The van der Waals surface area contributed by atoms with Crippen molar-refractivity contribution in [2.45, 2.75) is 109 Å². The molecule has 5 heteroatoms. The van der Waals surface area contributed by atoms with E-state index in [4.69, 9.17) is 4.74 Å². The number of rotatable bonds is 6. The molecule has 30 heavy (non-hydrogen) atoms. The first-order valence-corrected chi connectivity index (χ1v) is 12.6. The Labute approximate surface area is 183 Å². The van der Waals surface area contributed by atoms with Gasteiger partial charge in [-0.05, 0) is 103 Å². The molecule has 2 saturated heterocycles. The average molecular weight is 415 g/mol. The molecule has 1 aromatic rings. The zero-order chi connectivity index (χ0) is 20.9. The third kappa shape index (κ3) is 5.60. The fourth-order valence-corrected chi connectivity index (χ4v) is 5.83. The van der Waals surface area contributed by atoms with Crippen LogP contribution in [0.5, 0.6) is 0 Å². The molecule has 0 spiro atoms. The van der Waals surface area contributed by atoms with E-state index in [1.54, 1.807) is 0 Å². The standard InChI is InChI=1S/C25H42N4O/c1-4-20-17-26-25(27-18-20)21-9-13-28(14-10-21)23-11-15-29(16-12-23)22-5-7-24(8-6-22)30-19(2)3/h17-19,21-24H,4-16H2,1-3H3. The molecule has 0 atom stereocenters. The van der Waals surface area contributed by atoms with Crippen molar-refractivity contribution in [3.63, 3.8) is 0 Å². The van der Waals surface area contributed by atoms with E-state index in [-0.39, 0.29) is 0 Å². The van der Waals surface area contributed by atoms with Crippen LogP contribution in [-0.2, 0) is 11.2 Å². The molecule has 3 aliphatic rings. The molecule has 5 nitrogen and oxygen atoms in total. The van der Waals surface area contributed by atoms with Crippen LogP contribution in [0.2, 0.25) is 0 Å². The predicted octanol–water partition coefficient (Wildman–Crippen LogP) is 4.42.